The van der Waals surface area contributed by atoms with Gasteiger partial charge in [-0.1, -0.05) is 18.7 Å². The lowest BCUT2D eigenvalue weighted by Crippen LogP contribution is -2.43. The summed E-state index contributed by atoms with van der Waals surface area (Å²) in [7, 11) is 1.86. The quantitative estimate of drug-likeness (QED) is 0.300. The summed E-state index contributed by atoms with van der Waals surface area (Å²) in [5.41, 5.74) is 3.60. The first-order valence-electron chi connectivity index (χ1n) is 11.9. The number of piperazine rings is 1. The van der Waals surface area contributed by atoms with Crippen LogP contribution in [0.25, 0.3) is 22.2 Å². The first-order chi connectivity index (χ1) is 18.4. The molecule has 1 amide bonds. The van der Waals surface area contributed by atoms with E-state index >= 15 is 0 Å². The van der Waals surface area contributed by atoms with Crippen molar-refractivity contribution in [1.82, 2.24) is 25.1 Å². The highest BCUT2D eigenvalue weighted by molar-refractivity contribution is 6.02. The molecule has 1 saturated heterocycles. The Morgan fingerprint density at radius 3 is 2.74 bits per heavy atom. The van der Waals surface area contributed by atoms with Crippen molar-refractivity contribution in [3.05, 3.63) is 61.6 Å². The Balaban J connectivity index is 1.52. The number of ether oxygens (including phenoxy) is 1. The summed E-state index contributed by atoms with van der Waals surface area (Å²) in [6, 6.07) is 10.6. The van der Waals surface area contributed by atoms with Crippen molar-refractivity contribution >= 4 is 39.7 Å². The van der Waals surface area contributed by atoms with E-state index in [4.69, 9.17) is 4.74 Å². The molecule has 10 nitrogen and oxygen atoms in total. The molecule has 0 unspecified atom stereocenters. The Morgan fingerprint density at radius 2 is 1.97 bits per heavy atom. The Kier molecular flexibility index (Phi) is 7.13. The van der Waals surface area contributed by atoms with Gasteiger partial charge in [0.2, 0.25) is 5.91 Å². The first-order valence-corrected chi connectivity index (χ1v) is 11.9. The molecule has 0 bridgehead atoms. The molecule has 12 heteroatoms. The normalized spacial score (nSPS) is 13.5. The topological polar surface area (TPSA) is 109 Å². The predicted molar refractivity (Wildman–Crippen MR) is 142 cm³/mol. The van der Waals surface area contributed by atoms with Crippen molar-refractivity contribution in [3.8, 4) is 17.0 Å². The van der Waals surface area contributed by atoms with E-state index in [0.29, 0.717) is 49.1 Å². The summed E-state index contributed by atoms with van der Waals surface area (Å²) < 4.78 is 33.5. The number of nitrogens with one attached hydrogen (secondary N) is 3. The number of nitrogens with zero attached hydrogens (tertiary/aromatic N) is 5. The molecule has 196 valence electrons. The van der Waals surface area contributed by atoms with Gasteiger partial charge in [-0.15, -0.1) is 0 Å². The molecule has 3 N–H and O–H groups in total. The number of amides is 1. The molecule has 0 atom stereocenters. The average molecular weight is 521 g/mol. The molecule has 0 radical (unpaired) electrons. The van der Waals surface area contributed by atoms with Crippen LogP contribution in [0.15, 0.2) is 61.6 Å². The third kappa shape index (κ3) is 5.39. The fourth-order valence-corrected chi connectivity index (χ4v) is 4.34. The summed E-state index contributed by atoms with van der Waals surface area (Å²) in [5, 5.41) is 14.3. The van der Waals surface area contributed by atoms with E-state index in [1.165, 1.54) is 12.4 Å². The molecular formula is C26H26F2N8O2. The van der Waals surface area contributed by atoms with Crippen LogP contribution in [-0.4, -0.2) is 58.4 Å². The van der Waals surface area contributed by atoms with E-state index < -0.39 is 12.5 Å². The minimum Gasteiger partial charge on any atom is -0.433 e. The van der Waals surface area contributed by atoms with Gasteiger partial charge in [0.15, 0.2) is 5.75 Å². The van der Waals surface area contributed by atoms with Gasteiger partial charge in [0.05, 0.1) is 34.5 Å². The van der Waals surface area contributed by atoms with Crippen LogP contribution in [0.3, 0.4) is 0 Å². The third-order valence-corrected chi connectivity index (χ3v) is 6.19. The van der Waals surface area contributed by atoms with Gasteiger partial charge in [-0.3, -0.25) is 9.48 Å². The van der Waals surface area contributed by atoms with Crippen molar-refractivity contribution in [2.24, 2.45) is 7.05 Å². The SMILES string of the molecule is C=CC(=O)Nc1cc(Nc2cc(-c3ccc4cnn(C)c4c3)ncn2)c(OC(F)F)cc1N1CCNCC1. The standard InChI is InChI=1S/C26H26F2N8O2/c1-3-25(37)34-19-11-20(23(38-26(27)28)13-22(19)36-8-6-29-7-9-36)33-24-12-18(30-15-31-24)16-4-5-17-14-32-35(2)21(17)10-16/h3-5,10-15,26,29H,1,6-9H2,2H3,(H,34,37)(H,30,31,33). The summed E-state index contributed by atoms with van der Waals surface area (Å²) in [6.07, 6.45) is 4.31. The van der Waals surface area contributed by atoms with Gasteiger partial charge in [-0.2, -0.15) is 13.9 Å². The zero-order valence-electron chi connectivity index (χ0n) is 20.6. The van der Waals surface area contributed by atoms with Crippen LogP contribution in [0.5, 0.6) is 5.75 Å². The number of anilines is 4. The van der Waals surface area contributed by atoms with Gasteiger partial charge >= 0.3 is 6.61 Å². The van der Waals surface area contributed by atoms with Crippen LogP contribution in [0.2, 0.25) is 0 Å². The van der Waals surface area contributed by atoms with E-state index in [1.807, 2.05) is 30.1 Å². The maximum Gasteiger partial charge on any atom is 0.387 e. The molecule has 5 rings (SSSR count). The van der Waals surface area contributed by atoms with Crippen molar-refractivity contribution in [3.63, 3.8) is 0 Å². The molecule has 1 aliphatic rings. The fourth-order valence-electron chi connectivity index (χ4n) is 4.34. The van der Waals surface area contributed by atoms with E-state index in [2.05, 4.69) is 37.6 Å². The highest BCUT2D eigenvalue weighted by atomic mass is 19.3. The highest BCUT2D eigenvalue weighted by Gasteiger charge is 2.21. The Labute approximate surface area is 217 Å². The van der Waals surface area contributed by atoms with Gasteiger partial charge in [-0.25, -0.2) is 9.97 Å². The number of benzene rings is 2. The molecule has 0 saturated carbocycles. The maximum absolute atomic E-state index is 13.4. The lowest BCUT2D eigenvalue weighted by atomic mass is 10.1. The third-order valence-electron chi connectivity index (χ3n) is 6.19. The summed E-state index contributed by atoms with van der Waals surface area (Å²) >= 11 is 0. The summed E-state index contributed by atoms with van der Waals surface area (Å²) in [5.74, 6) is -0.151. The Bertz CT molecular complexity index is 1480. The number of rotatable bonds is 8. The minimum atomic E-state index is -3.05. The number of aromatic nitrogens is 4. The molecule has 2 aromatic carbocycles. The predicted octanol–water partition coefficient (Wildman–Crippen LogP) is 3.91. The van der Waals surface area contributed by atoms with Gasteiger partial charge in [0.1, 0.15) is 12.1 Å². The van der Waals surface area contributed by atoms with E-state index in [1.54, 1.807) is 23.0 Å². The number of hydrogen-bond donors (Lipinski definition) is 3. The molecule has 0 spiro atoms. The molecular weight excluding hydrogens is 494 g/mol. The lowest BCUT2D eigenvalue weighted by Gasteiger charge is -2.32. The van der Waals surface area contributed by atoms with E-state index in [0.717, 1.165) is 22.5 Å². The highest BCUT2D eigenvalue weighted by Crippen LogP contribution is 2.39. The zero-order valence-corrected chi connectivity index (χ0v) is 20.6. The smallest absolute Gasteiger partial charge is 0.387 e. The number of alkyl halides is 2. The molecule has 3 heterocycles. The Hall–Kier alpha value is -4.58. The van der Waals surface area contributed by atoms with Crippen LogP contribution in [0.4, 0.5) is 31.7 Å². The van der Waals surface area contributed by atoms with Crippen molar-refractivity contribution in [2.45, 2.75) is 6.61 Å². The van der Waals surface area contributed by atoms with Crippen LogP contribution in [-0.2, 0) is 11.8 Å². The molecule has 38 heavy (non-hydrogen) atoms. The van der Waals surface area contributed by atoms with Crippen molar-refractivity contribution < 1.29 is 18.3 Å². The minimum absolute atomic E-state index is 0.0819. The molecule has 2 aromatic heterocycles. The van der Waals surface area contributed by atoms with Crippen LogP contribution in [0, 0.1) is 0 Å². The van der Waals surface area contributed by atoms with Crippen molar-refractivity contribution in [2.75, 3.05) is 41.7 Å². The van der Waals surface area contributed by atoms with Crippen LogP contribution >= 0.6 is 0 Å². The second-order valence-corrected chi connectivity index (χ2v) is 8.63. The number of carbonyl (C=O) groups is 1. The summed E-state index contributed by atoms with van der Waals surface area (Å²) in [4.78, 5) is 22.8. The number of carbonyl (C=O) groups excluding carboxylic acids is 1. The van der Waals surface area contributed by atoms with Crippen LogP contribution < -0.4 is 25.6 Å². The largest absolute Gasteiger partial charge is 0.433 e. The van der Waals surface area contributed by atoms with Gasteiger partial charge < -0.3 is 25.6 Å². The molecule has 0 aliphatic carbocycles. The number of hydrogen-bond acceptors (Lipinski definition) is 8. The monoisotopic (exact) mass is 520 g/mol. The van der Waals surface area contributed by atoms with E-state index in [-0.39, 0.29) is 11.4 Å². The van der Waals surface area contributed by atoms with Crippen molar-refractivity contribution in [1.29, 1.82) is 0 Å². The lowest BCUT2D eigenvalue weighted by molar-refractivity contribution is -0.111. The average Bonchev–Trinajstić information content (AvgIpc) is 3.30. The number of aryl methyl sites for hydroxylation is 1. The molecule has 1 aliphatic heterocycles. The fraction of sp³-hybridized carbons (Fsp3) is 0.231. The molecule has 4 aromatic rings. The first kappa shape index (κ1) is 25.1. The zero-order chi connectivity index (χ0) is 26.6. The second-order valence-electron chi connectivity index (χ2n) is 8.63. The van der Waals surface area contributed by atoms with Gasteiger partial charge in [-0.05, 0) is 18.2 Å². The van der Waals surface area contributed by atoms with E-state index in [9.17, 15) is 13.6 Å². The maximum atomic E-state index is 13.4. The molecule has 1 fully saturated rings. The van der Waals surface area contributed by atoms with Crippen LogP contribution in [0.1, 0.15) is 0 Å². The number of fused-ring (bicyclic) bond motifs is 1. The number of halogens is 2. The van der Waals surface area contributed by atoms with Gasteiger partial charge in [0.25, 0.3) is 0 Å². The summed E-state index contributed by atoms with van der Waals surface area (Å²) in [6.45, 7) is 3.16. The second kappa shape index (κ2) is 10.8. The Morgan fingerprint density at radius 1 is 1.16 bits per heavy atom. The van der Waals surface area contributed by atoms with Gasteiger partial charge in [0, 0.05) is 56.3 Å².